The number of ether oxygens (including phenoxy) is 1. The third-order valence-corrected chi connectivity index (χ3v) is 1.98. The molecule has 0 saturated heterocycles. The monoisotopic (exact) mass is 224 g/mol. The van der Waals surface area contributed by atoms with E-state index in [4.69, 9.17) is 4.74 Å². The van der Waals surface area contributed by atoms with Crippen molar-refractivity contribution in [3.8, 4) is 0 Å². The molecule has 1 rings (SSSR count). The fraction of sp³-hybridized carbons (Fsp3) is 0.364. The second-order valence-corrected chi connectivity index (χ2v) is 3.11. The maximum absolute atomic E-state index is 13.4. The minimum atomic E-state index is -0.436. The highest BCUT2D eigenvalue weighted by Crippen LogP contribution is 2.27. The van der Waals surface area contributed by atoms with Crippen LogP contribution in [0.5, 0.6) is 0 Å². The molecule has 0 saturated carbocycles. The largest absolute Gasteiger partial charge is 0.385 e. The van der Waals surface area contributed by atoms with E-state index in [0.29, 0.717) is 13.2 Å². The zero-order valence-electron chi connectivity index (χ0n) is 9.00. The molecule has 1 N–H and O–H groups in total. The summed E-state index contributed by atoms with van der Waals surface area (Å²) in [5.74, 6) is -0.436. The predicted octanol–water partition coefficient (Wildman–Crippen LogP) is 2.24. The molecule has 0 heterocycles. The number of nitrogens with one attached hydrogen (secondary N) is 1. The van der Waals surface area contributed by atoms with Gasteiger partial charge >= 0.3 is 0 Å². The van der Waals surface area contributed by atoms with Crippen molar-refractivity contribution in [2.24, 2.45) is 4.99 Å². The molecule has 86 valence electrons. The van der Waals surface area contributed by atoms with Crippen molar-refractivity contribution in [2.45, 2.75) is 6.42 Å². The Balaban J connectivity index is 2.72. The summed E-state index contributed by atoms with van der Waals surface area (Å²) in [5, 5.41) is 2.87. The van der Waals surface area contributed by atoms with Gasteiger partial charge in [-0.3, -0.25) is 0 Å². The average molecular weight is 224 g/mol. The number of hydrogen-bond donors (Lipinski definition) is 1. The number of para-hydroxylation sites is 1. The molecule has 0 radical (unpaired) electrons. The topological polar surface area (TPSA) is 50.7 Å². The van der Waals surface area contributed by atoms with Crippen molar-refractivity contribution in [2.75, 3.05) is 25.6 Å². The lowest BCUT2D eigenvalue weighted by atomic mass is 10.2. The first-order valence-corrected chi connectivity index (χ1v) is 4.88. The van der Waals surface area contributed by atoms with Gasteiger partial charge in [0.1, 0.15) is 11.5 Å². The van der Waals surface area contributed by atoms with E-state index in [1.54, 1.807) is 13.2 Å². The Kier molecular flexibility index (Phi) is 5.19. The maximum Gasteiger partial charge on any atom is 0.240 e. The number of hydrogen-bond acceptors (Lipinski definition) is 4. The van der Waals surface area contributed by atoms with Crippen molar-refractivity contribution in [3.05, 3.63) is 24.0 Å². The molecular weight excluding hydrogens is 211 g/mol. The Labute approximate surface area is 93.1 Å². The lowest BCUT2D eigenvalue weighted by Gasteiger charge is -2.08. The number of halogens is 1. The summed E-state index contributed by atoms with van der Waals surface area (Å²) in [7, 11) is 1.60. The highest BCUT2D eigenvalue weighted by Gasteiger charge is 2.06. The molecule has 0 unspecified atom stereocenters. The zero-order chi connectivity index (χ0) is 11.8. The number of benzene rings is 1. The van der Waals surface area contributed by atoms with Crippen LogP contribution in [0.25, 0.3) is 0 Å². The molecule has 0 aliphatic heterocycles. The van der Waals surface area contributed by atoms with Gasteiger partial charge in [-0.15, -0.1) is 0 Å². The fourth-order valence-corrected chi connectivity index (χ4v) is 1.26. The summed E-state index contributed by atoms with van der Waals surface area (Å²) in [4.78, 5) is 13.6. The summed E-state index contributed by atoms with van der Waals surface area (Å²) >= 11 is 0. The second-order valence-electron chi connectivity index (χ2n) is 3.11. The van der Waals surface area contributed by atoms with E-state index in [2.05, 4.69) is 10.3 Å². The van der Waals surface area contributed by atoms with Crippen LogP contribution >= 0.6 is 0 Å². The molecule has 0 bridgehead atoms. The Morgan fingerprint density at radius 1 is 1.56 bits per heavy atom. The lowest BCUT2D eigenvalue weighted by Crippen LogP contribution is -2.06. The second kappa shape index (κ2) is 6.71. The van der Waals surface area contributed by atoms with Gasteiger partial charge in [-0.2, -0.15) is 4.99 Å². The van der Waals surface area contributed by atoms with E-state index >= 15 is 0 Å². The summed E-state index contributed by atoms with van der Waals surface area (Å²) in [6, 6.07) is 4.35. The quantitative estimate of drug-likeness (QED) is 0.458. The van der Waals surface area contributed by atoms with Gasteiger partial charge in [-0.05, 0) is 18.6 Å². The van der Waals surface area contributed by atoms with Crippen LogP contribution in [0.3, 0.4) is 0 Å². The van der Waals surface area contributed by atoms with E-state index in [9.17, 15) is 9.18 Å². The predicted molar refractivity (Wildman–Crippen MR) is 59.2 cm³/mol. The van der Waals surface area contributed by atoms with Crippen molar-refractivity contribution in [1.82, 2.24) is 0 Å². The molecule has 0 aliphatic rings. The maximum atomic E-state index is 13.4. The normalized spacial score (nSPS) is 9.62. The third-order valence-electron chi connectivity index (χ3n) is 1.98. The summed E-state index contributed by atoms with van der Waals surface area (Å²) in [5.41, 5.74) is 0.481. The Hall–Kier alpha value is -1.71. The van der Waals surface area contributed by atoms with Crippen molar-refractivity contribution >= 4 is 17.5 Å². The van der Waals surface area contributed by atoms with Gasteiger partial charge in [0.2, 0.25) is 6.08 Å². The van der Waals surface area contributed by atoms with Crippen LogP contribution < -0.4 is 5.32 Å². The van der Waals surface area contributed by atoms with Gasteiger partial charge in [0.05, 0.1) is 5.69 Å². The molecule has 0 fully saturated rings. The lowest BCUT2D eigenvalue weighted by molar-refractivity contribution is 0.197. The molecular formula is C11H13FN2O2. The van der Waals surface area contributed by atoms with Gasteiger partial charge in [-0.1, -0.05) is 6.07 Å². The number of methoxy groups -OCH3 is 1. The smallest absolute Gasteiger partial charge is 0.240 e. The standard InChI is InChI=1S/C11H13FN2O2/c1-16-7-3-6-13-11-9(12)4-2-5-10(11)14-8-15/h2,4-5,13H,3,6-7H2,1H3. The minimum absolute atomic E-state index is 0.224. The first-order valence-electron chi connectivity index (χ1n) is 4.88. The third kappa shape index (κ3) is 3.46. The number of aliphatic imine (C=N–C) groups is 1. The molecule has 16 heavy (non-hydrogen) atoms. The molecule has 1 aromatic carbocycles. The fourth-order valence-electron chi connectivity index (χ4n) is 1.26. The van der Waals surface area contributed by atoms with E-state index < -0.39 is 5.82 Å². The SMILES string of the molecule is COCCCNc1c(F)cccc1N=C=O. The molecule has 0 aromatic heterocycles. The zero-order valence-corrected chi connectivity index (χ0v) is 9.00. The first kappa shape index (κ1) is 12.4. The van der Waals surface area contributed by atoms with Gasteiger partial charge in [0.15, 0.2) is 0 Å². The number of isocyanates is 1. The Morgan fingerprint density at radius 3 is 3.06 bits per heavy atom. The van der Waals surface area contributed by atoms with Crippen molar-refractivity contribution in [1.29, 1.82) is 0 Å². The molecule has 0 aliphatic carbocycles. The molecule has 0 amide bonds. The van der Waals surface area contributed by atoms with E-state index in [0.717, 1.165) is 6.42 Å². The van der Waals surface area contributed by atoms with Crippen LogP contribution in [-0.2, 0) is 9.53 Å². The number of carbonyl (C=O) groups excluding carboxylic acids is 1. The summed E-state index contributed by atoms with van der Waals surface area (Å²) in [6.07, 6.45) is 2.14. The number of anilines is 1. The van der Waals surface area contributed by atoms with Gasteiger partial charge < -0.3 is 10.1 Å². The Bertz CT molecular complexity index is 390. The van der Waals surface area contributed by atoms with Gasteiger partial charge in [0, 0.05) is 20.3 Å². The van der Waals surface area contributed by atoms with Gasteiger partial charge in [-0.25, -0.2) is 9.18 Å². The van der Waals surface area contributed by atoms with Crippen LogP contribution in [0.15, 0.2) is 23.2 Å². The number of nitrogens with zero attached hydrogens (tertiary/aromatic N) is 1. The molecule has 0 spiro atoms. The highest BCUT2D eigenvalue weighted by atomic mass is 19.1. The van der Waals surface area contributed by atoms with Crippen LogP contribution in [-0.4, -0.2) is 26.3 Å². The van der Waals surface area contributed by atoms with E-state index in [-0.39, 0.29) is 11.4 Å². The summed E-state index contributed by atoms with van der Waals surface area (Å²) < 4.78 is 18.3. The van der Waals surface area contributed by atoms with Crippen LogP contribution in [0.2, 0.25) is 0 Å². The first-order chi connectivity index (χ1) is 7.79. The molecule has 1 aromatic rings. The van der Waals surface area contributed by atoms with Crippen molar-refractivity contribution < 1.29 is 13.9 Å². The molecule has 5 heteroatoms. The van der Waals surface area contributed by atoms with Crippen LogP contribution in [0.1, 0.15) is 6.42 Å². The average Bonchev–Trinajstić information content (AvgIpc) is 2.28. The highest BCUT2D eigenvalue weighted by molar-refractivity contribution is 5.68. The summed E-state index contributed by atoms with van der Waals surface area (Å²) in [6.45, 7) is 1.14. The van der Waals surface area contributed by atoms with E-state index in [1.165, 1.54) is 18.2 Å². The Morgan fingerprint density at radius 2 is 2.38 bits per heavy atom. The van der Waals surface area contributed by atoms with Crippen LogP contribution in [0.4, 0.5) is 15.8 Å². The van der Waals surface area contributed by atoms with Gasteiger partial charge in [0.25, 0.3) is 0 Å². The minimum Gasteiger partial charge on any atom is -0.385 e. The molecule has 0 atom stereocenters. The van der Waals surface area contributed by atoms with Crippen molar-refractivity contribution in [3.63, 3.8) is 0 Å². The van der Waals surface area contributed by atoms with E-state index in [1.807, 2.05) is 0 Å². The van der Waals surface area contributed by atoms with Crippen LogP contribution in [0, 0.1) is 5.82 Å². The number of rotatable bonds is 6. The molecule has 4 nitrogen and oxygen atoms in total.